The third kappa shape index (κ3) is 3.24. The second-order valence-corrected chi connectivity index (χ2v) is 3.89. The van der Waals surface area contributed by atoms with E-state index in [1.54, 1.807) is 27.0 Å². The predicted octanol–water partition coefficient (Wildman–Crippen LogP) is 1.10. The number of aryl methyl sites for hydroxylation is 2. The summed E-state index contributed by atoms with van der Waals surface area (Å²) in [6.45, 7) is 3.93. The monoisotopic (exact) mass is 239 g/mol. The SMILES string of the molecule is Cc1cc(C(=O)N(C)CC/C(N)=N/O)c(C)o1. The van der Waals surface area contributed by atoms with Crippen molar-refractivity contribution < 1.29 is 14.4 Å². The normalized spacial score (nSPS) is 11.6. The van der Waals surface area contributed by atoms with Gasteiger partial charge in [0.2, 0.25) is 0 Å². The molecular weight excluding hydrogens is 222 g/mol. The van der Waals surface area contributed by atoms with Crippen LogP contribution in [0.1, 0.15) is 28.3 Å². The summed E-state index contributed by atoms with van der Waals surface area (Å²) in [5.41, 5.74) is 5.88. The summed E-state index contributed by atoms with van der Waals surface area (Å²) >= 11 is 0. The number of amides is 1. The molecule has 0 saturated carbocycles. The second kappa shape index (κ2) is 5.38. The molecule has 0 spiro atoms. The van der Waals surface area contributed by atoms with E-state index >= 15 is 0 Å². The van der Waals surface area contributed by atoms with E-state index < -0.39 is 0 Å². The lowest BCUT2D eigenvalue weighted by Gasteiger charge is -2.15. The number of nitrogens with zero attached hydrogens (tertiary/aromatic N) is 2. The lowest BCUT2D eigenvalue weighted by Crippen LogP contribution is -2.30. The van der Waals surface area contributed by atoms with Crippen LogP contribution in [0.2, 0.25) is 0 Å². The molecule has 0 aromatic carbocycles. The summed E-state index contributed by atoms with van der Waals surface area (Å²) in [6.07, 6.45) is 0.328. The maximum atomic E-state index is 12.0. The molecule has 1 heterocycles. The molecule has 1 rings (SSSR count). The Labute approximate surface area is 99.7 Å². The van der Waals surface area contributed by atoms with Crippen LogP contribution in [-0.2, 0) is 0 Å². The highest BCUT2D eigenvalue weighted by molar-refractivity contribution is 5.95. The van der Waals surface area contributed by atoms with Crippen molar-refractivity contribution in [3.63, 3.8) is 0 Å². The third-order valence-electron chi connectivity index (χ3n) is 2.45. The molecule has 3 N–H and O–H groups in total. The van der Waals surface area contributed by atoms with Gasteiger partial charge in [-0.25, -0.2) is 0 Å². The molecule has 1 aromatic heterocycles. The zero-order valence-corrected chi connectivity index (χ0v) is 10.2. The topological polar surface area (TPSA) is 92.1 Å². The Morgan fingerprint density at radius 3 is 2.71 bits per heavy atom. The van der Waals surface area contributed by atoms with Crippen LogP contribution in [-0.4, -0.2) is 35.4 Å². The Balaban J connectivity index is 2.67. The Hall–Kier alpha value is -1.98. The number of oxime groups is 1. The first-order valence-corrected chi connectivity index (χ1v) is 5.24. The highest BCUT2D eigenvalue weighted by Crippen LogP contribution is 2.15. The van der Waals surface area contributed by atoms with Crippen LogP contribution in [0, 0.1) is 13.8 Å². The Bertz CT molecular complexity index is 437. The van der Waals surface area contributed by atoms with Gasteiger partial charge in [-0.3, -0.25) is 4.79 Å². The molecule has 1 amide bonds. The number of amidine groups is 1. The molecule has 0 unspecified atom stereocenters. The number of nitrogens with two attached hydrogens (primary N) is 1. The fourth-order valence-electron chi connectivity index (χ4n) is 1.48. The molecule has 0 aliphatic rings. The minimum atomic E-state index is -0.134. The van der Waals surface area contributed by atoms with Crippen molar-refractivity contribution in [2.24, 2.45) is 10.9 Å². The van der Waals surface area contributed by atoms with E-state index in [2.05, 4.69) is 5.16 Å². The molecule has 6 nitrogen and oxygen atoms in total. The van der Waals surface area contributed by atoms with E-state index in [0.29, 0.717) is 30.0 Å². The van der Waals surface area contributed by atoms with Crippen molar-refractivity contribution in [2.45, 2.75) is 20.3 Å². The lowest BCUT2D eigenvalue weighted by atomic mass is 10.2. The molecule has 6 heteroatoms. The van der Waals surface area contributed by atoms with Gasteiger partial charge in [0, 0.05) is 20.0 Å². The molecule has 1 aromatic rings. The first-order valence-electron chi connectivity index (χ1n) is 5.24. The summed E-state index contributed by atoms with van der Waals surface area (Å²) in [4.78, 5) is 13.5. The van der Waals surface area contributed by atoms with Gasteiger partial charge in [-0.15, -0.1) is 0 Å². The predicted molar refractivity (Wildman–Crippen MR) is 63.2 cm³/mol. The maximum absolute atomic E-state index is 12.0. The van der Waals surface area contributed by atoms with Crippen LogP contribution >= 0.6 is 0 Å². The summed E-state index contributed by atoms with van der Waals surface area (Å²) in [5.74, 6) is 1.27. The molecule has 94 valence electrons. The first-order chi connectivity index (χ1) is 7.95. The van der Waals surface area contributed by atoms with Crippen molar-refractivity contribution in [3.05, 3.63) is 23.2 Å². The lowest BCUT2D eigenvalue weighted by molar-refractivity contribution is 0.0796. The minimum absolute atomic E-state index is 0.102. The number of hydrogen-bond acceptors (Lipinski definition) is 4. The third-order valence-corrected chi connectivity index (χ3v) is 2.45. The van der Waals surface area contributed by atoms with Gasteiger partial charge < -0.3 is 20.3 Å². The number of rotatable bonds is 4. The maximum Gasteiger partial charge on any atom is 0.257 e. The van der Waals surface area contributed by atoms with E-state index in [-0.39, 0.29) is 11.7 Å². The standard InChI is InChI=1S/C11H17N3O3/c1-7-6-9(8(2)17-7)11(15)14(3)5-4-10(12)13-16/h6,16H,4-5H2,1-3H3,(H2,12,13). The molecule has 0 bridgehead atoms. The van der Waals surface area contributed by atoms with E-state index in [1.807, 2.05) is 0 Å². The Morgan fingerprint density at radius 2 is 2.24 bits per heavy atom. The molecule has 0 radical (unpaired) electrons. The summed E-state index contributed by atoms with van der Waals surface area (Å²) < 4.78 is 5.30. The average Bonchev–Trinajstić information content (AvgIpc) is 2.63. The van der Waals surface area contributed by atoms with E-state index in [0.717, 1.165) is 0 Å². The number of furan rings is 1. The highest BCUT2D eigenvalue weighted by atomic mass is 16.4. The smallest absolute Gasteiger partial charge is 0.257 e. The van der Waals surface area contributed by atoms with Crippen molar-refractivity contribution >= 4 is 11.7 Å². The Kier molecular flexibility index (Phi) is 4.14. The van der Waals surface area contributed by atoms with E-state index in [4.69, 9.17) is 15.4 Å². The van der Waals surface area contributed by atoms with E-state index in [1.165, 1.54) is 4.90 Å². The van der Waals surface area contributed by atoms with Gasteiger partial charge in [-0.2, -0.15) is 0 Å². The molecule has 0 saturated heterocycles. The van der Waals surface area contributed by atoms with Gasteiger partial charge in [0.15, 0.2) is 0 Å². The zero-order valence-electron chi connectivity index (χ0n) is 10.2. The Morgan fingerprint density at radius 1 is 1.59 bits per heavy atom. The van der Waals surface area contributed by atoms with Crippen LogP contribution in [0.4, 0.5) is 0 Å². The van der Waals surface area contributed by atoms with Crippen molar-refractivity contribution in [2.75, 3.05) is 13.6 Å². The fourth-order valence-corrected chi connectivity index (χ4v) is 1.48. The molecule has 0 fully saturated rings. The number of carbonyl (C=O) groups excluding carboxylic acids is 1. The quantitative estimate of drug-likeness (QED) is 0.356. The van der Waals surface area contributed by atoms with Gasteiger partial charge in [0.1, 0.15) is 17.4 Å². The molecule has 0 atom stereocenters. The van der Waals surface area contributed by atoms with Gasteiger partial charge >= 0.3 is 0 Å². The fraction of sp³-hybridized carbons (Fsp3) is 0.455. The van der Waals surface area contributed by atoms with Gasteiger partial charge in [-0.05, 0) is 19.9 Å². The summed E-state index contributed by atoms with van der Waals surface area (Å²) in [7, 11) is 1.66. The van der Waals surface area contributed by atoms with Crippen LogP contribution in [0.5, 0.6) is 0 Å². The van der Waals surface area contributed by atoms with E-state index in [9.17, 15) is 4.79 Å². The molecule has 0 aliphatic heterocycles. The van der Waals surface area contributed by atoms with Gasteiger partial charge in [-0.1, -0.05) is 5.16 Å². The van der Waals surface area contributed by atoms with Crippen LogP contribution in [0.25, 0.3) is 0 Å². The average molecular weight is 239 g/mol. The number of carbonyl (C=O) groups is 1. The number of hydrogen-bond donors (Lipinski definition) is 2. The molecule has 17 heavy (non-hydrogen) atoms. The van der Waals surface area contributed by atoms with Crippen LogP contribution in [0.3, 0.4) is 0 Å². The molecular formula is C11H17N3O3. The van der Waals surface area contributed by atoms with Crippen molar-refractivity contribution in [1.29, 1.82) is 0 Å². The van der Waals surface area contributed by atoms with Gasteiger partial charge in [0.05, 0.1) is 5.56 Å². The summed E-state index contributed by atoms with van der Waals surface area (Å²) in [5, 5.41) is 11.2. The van der Waals surface area contributed by atoms with Crippen LogP contribution in [0.15, 0.2) is 15.6 Å². The van der Waals surface area contributed by atoms with Crippen LogP contribution < -0.4 is 5.73 Å². The van der Waals surface area contributed by atoms with Gasteiger partial charge in [0.25, 0.3) is 5.91 Å². The van der Waals surface area contributed by atoms with Crippen molar-refractivity contribution in [3.8, 4) is 0 Å². The highest BCUT2D eigenvalue weighted by Gasteiger charge is 2.17. The van der Waals surface area contributed by atoms with Crippen molar-refractivity contribution in [1.82, 2.24) is 4.90 Å². The zero-order chi connectivity index (χ0) is 13.0. The largest absolute Gasteiger partial charge is 0.466 e. The summed E-state index contributed by atoms with van der Waals surface area (Å²) in [6, 6.07) is 1.71. The minimum Gasteiger partial charge on any atom is -0.466 e. The second-order valence-electron chi connectivity index (χ2n) is 3.89. The first kappa shape index (κ1) is 13.1. The molecule has 0 aliphatic carbocycles.